The van der Waals surface area contributed by atoms with Gasteiger partial charge < -0.3 is 19.5 Å². The van der Waals surface area contributed by atoms with E-state index >= 15 is 0 Å². The lowest BCUT2D eigenvalue weighted by Gasteiger charge is -2.16. The van der Waals surface area contributed by atoms with Gasteiger partial charge in [-0.15, -0.1) is 0 Å². The molecule has 2 aromatic heterocycles. The molecule has 1 aliphatic heterocycles. The molecular formula is C24H28N4O6. The Morgan fingerprint density at radius 2 is 1.94 bits per heavy atom. The van der Waals surface area contributed by atoms with Gasteiger partial charge in [0.25, 0.3) is 11.5 Å². The summed E-state index contributed by atoms with van der Waals surface area (Å²) in [5.74, 6) is 1.55. The van der Waals surface area contributed by atoms with E-state index in [1.165, 1.54) is 4.57 Å². The van der Waals surface area contributed by atoms with Crippen molar-refractivity contribution in [3.05, 3.63) is 56.4 Å². The maximum absolute atomic E-state index is 13.1. The van der Waals surface area contributed by atoms with E-state index in [0.717, 1.165) is 0 Å². The van der Waals surface area contributed by atoms with Crippen LogP contribution in [0.25, 0.3) is 11.0 Å². The number of benzene rings is 1. The fourth-order valence-corrected chi connectivity index (χ4v) is 3.70. The van der Waals surface area contributed by atoms with Gasteiger partial charge in [-0.2, -0.15) is 0 Å². The first-order valence-corrected chi connectivity index (χ1v) is 11.2. The zero-order valence-corrected chi connectivity index (χ0v) is 19.6. The molecule has 3 heterocycles. The number of hydrogen-bond acceptors (Lipinski definition) is 7. The summed E-state index contributed by atoms with van der Waals surface area (Å²) in [6.07, 6.45) is 0. The SMILES string of the molecule is CC(C)Cn1c(=O)[nH]c(=O)c2c(C(=O)NCCOc3ccc4c(c3)OCO4)cc(C(C)C)nc21. The molecule has 34 heavy (non-hydrogen) atoms. The molecule has 1 aromatic carbocycles. The average molecular weight is 469 g/mol. The summed E-state index contributed by atoms with van der Waals surface area (Å²) in [5, 5.41) is 2.89. The van der Waals surface area contributed by atoms with Gasteiger partial charge in [0.1, 0.15) is 12.4 Å². The Kier molecular flexibility index (Phi) is 6.58. The molecule has 0 saturated carbocycles. The highest BCUT2D eigenvalue weighted by atomic mass is 16.7. The van der Waals surface area contributed by atoms with Crippen molar-refractivity contribution in [2.24, 2.45) is 5.92 Å². The summed E-state index contributed by atoms with van der Waals surface area (Å²) >= 11 is 0. The molecule has 0 saturated heterocycles. The molecule has 10 heteroatoms. The van der Waals surface area contributed by atoms with Crippen molar-refractivity contribution in [3.63, 3.8) is 0 Å². The number of aromatic nitrogens is 3. The van der Waals surface area contributed by atoms with Crippen LogP contribution in [0.3, 0.4) is 0 Å². The first-order chi connectivity index (χ1) is 16.2. The zero-order valence-electron chi connectivity index (χ0n) is 19.6. The van der Waals surface area contributed by atoms with Crippen LogP contribution in [0.4, 0.5) is 0 Å². The fraction of sp³-hybridized carbons (Fsp3) is 0.417. The Labute approximate surface area is 195 Å². The number of aromatic amines is 1. The summed E-state index contributed by atoms with van der Waals surface area (Å²) in [7, 11) is 0. The summed E-state index contributed by atoms with van der Waals surface area (Å²) in [4.78, 5) is 45.2. The predicted molar refractivity (Wildman–Crippen MR) is 126 cm³/mol. The zero-order chi connectivity index (χ0) is 24.4. The number of amides is 1. The van der Waals surface area contributed by atoms with Crippen molar-refractivity contribution in [1.29, 1.82) is 0 Å². The van der Waals surface area contributed by atoms with Crippen LogP contribution >= 0.6 is 0 Å². The number of carbonyl (C=O) groups excluding carboxylic acids is 1. The highest BCUT2D eigenvalue weighted by molar-refractivity contribution is 6.05. The second-order valence-corrected chi connectivity index (χ2v) is 8.83. The lowest BCUT2D eigenvalue weighted by atomic mass is 10.0. The van der Waals surface area contributed by atoms with Gasteiger partial charge in [-0.25, -0.2) is 9.78 Å². The molecule has 0 bridgehead atoms. The summed E-state index contributed by atoms with van der Waals surface area (Å²) < 4.78 is 17.7. The van der Waals surface area contributed by atoms with Crippen LogP contribution in [-0.2, 0) is 6.54 Å². The van der Waals surface area contributed by atoms with E-state index in [-0.39, 0.29) is 48.4 Å². The first-order valence-electron chi connectivity index (χ1n) is 11.2. The number of hydrogen-bond donors (Lipinski definition) is 2. The topological polar surface area (TPSA) is 125 Å². The smallest absolute Gasteiger partial charge is 0.330 e. The van der Waals surface area contributed by atoms with Crippen LogP contribution in [-0.4, -0.2) is 40.4 Å². The van der Waals surface area contributed by atoms with Gasteiger partial charge in [0.2, 0.25) is 6.79 Å². The van der Waals surface area contributed by atoms with Gasteiger partial charge in [0.15, 0.2) is 17.1 Å². The number of pyridine rings is 1. The molecule has 0 spiro atoms. The highest BCUT2D eigenvalue weighted by Gasteiger charge is 2.21. The molecule has 180 valence electrons. The van der Waals surface area contributed by atoms with Gasteiger partial charge in [-0.1, -0.05) is 27.7 Å². The van der Waals surface area contributed by atoms with E-state index in [1.807, 2.05) is 27.7 Å². The Balaban J connectivity index is 1.57. The summed E-state index contributed by atoms with van der Waals surface area (Å²) in [6, 6.07) is 6.85. The van der Waals surface area contributed by atoms with E-state index < -0.39 is 17.2 Å². The lowest BCUT2D eigenvalue weighted by Crippen LogP contribution is -2.35. The van der Waals surface area contributed by atoms with Crippen LogP contribution < -0.4 is 30.8 Å². The van der Waals surface area contributed by atoms with Crippen LogP contribution in [0.15, 0.2) is 33.9 Å². The fourth-order valence-electron chi connectivity index (χ4n) is 3.70. The Bertz CT molecular complexity index is 1340. The molecular weight excluding hydrogens is 440 g/mol. The largest absolute Gasteiger partial charge is 0.492 e. The predicted octanol–water partition coefficient (Wildman–Crippen LogP) is 2.40. The molecule has 3 aromatic rings. The van der Waals surface area contributed by atoms with Gasteiger partial charge in [0.05, 0.1) is 17.5 Å². The van der Waals surface area contributed by atoms with Crippen molar-refractivity contribution >= 4 is 16.9 Å². The molecule has 0 unspecified atom stereocenters. The molecule has 0 aliphatic carbocycles. The van der Waals surface area contributed by atoms with Crippen molar-refractivity contribution in [2.75, 3.05) is 19.9 Å². The number of carbonyl (C=O) groups is 1. The quantitative estimate of drug-likeness (QED) is 0.487. The lowest BCUT2D eigenvalue weighted by molar-refractivity contribution is 0.0948. The third-order valence-corrected chi connectivity index (χ3v) is 5.35. The van der Waals surface area contributed by atoms with Crippen LogP contribution in [0.2, 0.25) is 0 Å². The van der Waals surface area contributed by atoms with Gasteiger partial charge in [-0.05, 0) is 30.0 Å². The van der Waals surface area contributed by atoms with Crippen LogP contribution in [0, 0.1) is 5.92 Å². The minimum atomic E-state index is -0.635. The number of nitrogens with zero attached hydrogens (tertiary/aromatic N) is 2. The summed E-state index contributed by atoms with van der Waals surface area (Å²) in [5.41, 5.74) is -0.157. The standard InChI is InChI=1S/C24H28N4O6/c1-13(2)11-28-21-20(23(30)27-24(28)31)16(10-17(26-21)14(3)4)22(29)25-7-8-32-15-5-6-18-19(9-15)34-12-33-18/h5-6,9-10,13-14H,7-8,11-12H2,1-4H3,(H,25,29)(H,27,30,31). The normalized spacial score (nSPS) is 12.5. The maximum Gasteiger partial charge on any atom is 0.330 e. The molecule has 0 atom stereocenters. The second kappa shape index (κ2) is 9.58. The molecule has 0 fully saturated rings. The Morgan fingerprint density at radius 3 is 2.68 bits per heavy atom. The van der Waals surface area contributed by atoms with E-state index in [1.54, 1.807) is 24.3 Å². The third kappa shape index (κ3) is 4.75. The minimum absolute atomic E-state index is 0.00724. The molecule has 2 N–H and O–H groups in total. The summed E-state index contributed by atoms with van der Waals surface area (Å²) in [6.45, 7) is 8.76. The van der Waals surface area contributed by atoms with Crippen LogP contribution in [0.5, 0.6) is 17.2 Å². The van der Waals surface area contributed by atoms with Crippen molar-refractivity contribution < 1.29 is 19.0 Å². The van der Waals surface area contributed by atoms with Crippen molar-refractivity contribution in [2.45, 2.75) is 40.2 Å². The Hall–Kier alpha value is -3.82. The average Bonchev–Trinajstić information content (AvgIpc) is 3.26. The van der Waals surface area contributed by atoms with E-state index in [0.29, 0.717) is 29.5 Å². The maximum atomic E-state index is 13.1. The molecule has 1 aliphatic rings. The van der Waals surface area contributed by atoms with Gasteiger partial charge in [-0.3, -0.25) is 19.1 Å². The number of fused-ring (bicyclic) bond motifs is 2. The van der Waals surface area contributed by atoms with E-state index in [9.17, 15) is 14.4 Å². The number of ether oxygens (including phenoxy) is 3. The number of H-pyrrole nitrogens is 1. The first kappa shape index (κ1) is 23.3. The third-order valence-electron chi connectivity index (χ3n) is 5.35. The van der Waals surface area contributed by atoms with Gasteiger partial charge >= 0.3 is 5.69 Å². The van der Waals surface area contributed by atoms with Crippen molar-refractivity contribution in [1.82, 2.24) is 19.9 Å². The highest BCUT2D eigenvalue weighted by Crippen LogP contribution is 2.35. The monoisotopic (exact) mass is 468 g/mol. The Morgan fingerprint density at radius 1 is 1.18 bits per heavy atom. The number of nitrogens with one attached hydrogen (secondary N) is 2. The van der Waals surface area contributed by atoms with E-state index in [4.69, 9.17) is 14.2 Å². The minimum Gasteiger partial charge on any atom is -0.492 e. The van der Waals surface area contributed by atoms with E-state index in [2.05, 4.69) is 15.3 Å². The number of rotatable bonds is 8. The second-order valence-electron chi connectivity index (χ2n) is 8.83. The van der Waals surface area contributed by atoms with Gasteiger partial charge in [0, 0.05) is 18.3 Å². The molecule has 1 amide bonds. The van der Waals surface area contributed by atoms with Crippen molar-refractivity contribution in [3.8, 4) is 17.2 Å². The molecule has 0 radical (unpaired) electrons. The molecule has 10 nitrogen and oxygen atoms in total. The van der Waals surface area contributed by atoms with Crippen LogP contribution in [0.1, 0.15) is 49.7 Å². The molecule has 4 rings (SSSR count).